The van der Waals surface area contributed by atoms with Crippen molar-refractivity contribution in [2.75, 3.05) is 0 Å². The Labute approximate surface area is 80.7 Å². The lowest BCUT2D eigenvalue weighted by Crippen LogP contribution is -2.06. The molecule has 0 radical (unpaired) electrons. The summed E-state index contributed by atoms with van der Waals surface area (Å²) in [5.41, 5.74) is 0.844. The van der Waals surface area contributed by atoms with E-state index in [9.17, 15) is 5.11 Å². The second kappa shape index (κ2) is 4.10. The Morgan fingerprint density at radius 1 is 1.67 bits per heavy atom. The van der Waals surface area contributed by atoms with Gasteiger partial charge >= 0.3 is 0 Å². The molecule has 68 valence electrons. The highest BCUT2D eigenvalue weighted by Gasteiger charge is 2.16. The van der Waals surface area contributed by atoms with E-state index >= 15 is 0 Å². The summed E-state index contributed by atoms with van der Waals surface area (Å²) in [6.07, 6.45) is 2.13. The molecule has 0 bridgehead atoms. The van der Waals surface area contributed by atoms with Crippen molar-refractivity contribution in [3.8, 4) is 0 Å². The van der Waals surface area contributed by atoms with Crippen molar-refractivity contribution in [3.63, 3.8) is 0 Å². The lowest BCUT2D eigenvalue weighted by atomic mass is 9.97. The molecule has 0 amide bonds. The predicted molar refractivity (Wildman–Crippen MR) is 50.8 cm³/mol. The molecule has 0 aromatic carbocycles. The molecular formula is C9H13BrO2. The summed E-state index contributed by atoms with van der Waals surface area (Å²) in [5.74, 6) is 0.273. The van der Waals surface area contributed by atoms with E-state index in [0.29, 0.717) is 4.67 Å². The van der Waals surface area contributed by atoms with Crippen LogP contribution in [0.3, 0.4) is 0 Å². The van der Waals surface area contributed by atoms with Gasteiger partial charge in [-0.25, -0.2) is 0 Å². The van der Waals surface area contributed by atoms with Crippen molar-refractivity contribution in [2.45, 2.75) is 26.4 Å². The molecule has 0 saturated heterocycles. The molecule has 0 fully saturated rings. The average Bonchev–Trinajstić information content (AvgIpc) is 2.49. The van der Waals surface area contributed by atoms with Gasteiger partial charge in [0.15, 0.2) is 4.67 Å². The quantitative estimate of drug-likeness (QED) is 0.869. The Hall–Kier alpha value is -0.280. The largest absolute Gasteiger partial charge is 0.457 e. The highest BCUT2D eigenvalue weighted by atomic mass is 79.9. The van der Waals surface area contributed by atoms with Gasteiger partial charge in [0.1, 0.15) is 0 Å². The molecule has 1 aromatic heterocycles. The van der Waals surface area contributed by atoms with Crippen LogP contribution in [0.4, 0.5) is 0 Å². The maximum Gasteiger partial charge on any atom is 0.169 e. The zero-order chi connectivity index (χ0) is 9.14. The molecule has 1 N–H and O–H groups in total. The molecular weight excluding hydrogens is 220 g/mol. The molecule has 1 heterocycles. The van der Waals surface area contributed by atoms with Crippen molar-refractivity contribution in [2.24, 2.45) is 5.92 Å². The first-order valence-corrected chi connectivity index (χ1v) is 4.86. The zero-order valence-corrected chi connectivity index (χ0v) is 8.84. The van der Waals surface area contributed by atoms with Crippen molar-refractivity contribution < 1.29 is 9.52 Å². The molecule has 1 rings (SSSR count). The van der Waals surface area contributed by atoms with E-state index < -0.39 is 6.10 Å². The molecule has 12 heavy (non-hydrogen) atoms. The molecule has 0 saturated carbocycles. The fraction of sp³-hybridized carbons (Fsp3) is 0.556. The Kier molecular flexibility index (Phi) is 3.35. The van der Waals surface area contributed by atoms with Crippen molar-refractivity contribution in [3.05, 3.63) is 22.6 Å². The van der Waals surface area contributed by atoms with Crippen LogP contribution in [0.25, 0.3) is 0 Å². The van der Waals surface area contributed by atoms with E-state index in [4.69, 9.17) is 4.42 Å². The van der Waals surface area contributed by atoms with E-state index in [1.165, 1.54) is 0 Å². The fourth-order valence-corrected chi connectivity index (χ4v) is 1.39. The molecule has 0 spiro atoms. The number of hydrogen-bond acceptors (Lipinski definition) is 2. The summed E-state index contributed by atoms with van der Waals surface area (Å²) in [6, 6.07) is 1.80. The van der Waals surface area contributed by atoms with Crippen LogP contribution < -0.4 is 0 Å². The number of aliphatic hydroxyl groups is 1. The van der Waals surface area contributed by atoms with Crippen molar-refractivity contribution in [1.82, 2.24) is 0 Å². The summed E-state index contributed by atoms with van der Waals surface area (Å²) in [4.78, 5) is 0. The van der Waals surface area contributed by atoms with Crippen LogP contribution in [-0.4, -0.2) is 5.11 Å². The van der Waals surface area contributed by atoms with Crippen LogP contribution in [0.15, 0.2) is 21.4 Å². The van der Waals surface area contributed by atoms with Gasteiger partial charge in [-0.15, -0.1) is 0 Å². The topological polar surface area (TPSA) is 33.4 Å². The van der Waals surface area contributed by atoms with Gasteiger partial charge in [-0.05, 0) is 27.9 Å². The average molecular weight is 233 g/mol. The van der Waals surface area contributed by atoms with Crippen LogP contribution in [-0.2, 0) is 0 Å². The van der Waals surface area contributed by atoms with Crippen LogP contribution >= 0.6 is 15.9 Å². The van der Waals surface area contributed by atoms with Gasteiger partial charge in [-0.2, -0.15) is 0 Å². The number of aliphatic hydroxyl groups excluding tert-OH is 1. The van der Waals surface area contributed by atoms with E-state index in [-0.39, 0.29) is 5.92 Å². The lowest BCUT2D eigenvalue weighted by Gasteiger charge is -2.14. The predicted octanol–water partition coefficient (Wildman–Crippen LogP) is 3.12. The monoisotopic (exact) mass is 232 g/mol. The van der Waals surface area contributed by atoms with E-state index in [1.807, 2.05) is 6.92 Å². The smallest absolute Gasteiger partial charge is 0.169 e. The number of rotatable bonds is 3. The Morgan fingerprint density at radius 2 is 2.33 bits per heavy atom. The summed E-state index contributed by atoms with van der Waals surface area (Å²) in [7, 11) is 0. The van der Waals surface area contributed by atoms with Gasteiger partial charge in [0.25, 0.3) is 0 Å². The lowest BCUT2D eigenvalue weighted by molar-refractivity contribution is 0.115. The fourth-order valence-electron chi connectivity index (χ4n) is 1.03. The van der Waals surface area contributed by atoms with Gasteiger partial charge in [0, 0.05) is 5.56 Å². The minimum absolute atomic E-state index is 0.273. The molecule has 3 heteroatoms. The third kappa shape index (κ3) is 2.11. The molecule has 2 atom stereocenters. The van der Waals surface area contributed by atoms with E-state index in [2.05, 4.69) is 22.9 Å². The molecule has 0 aliphatic carbocycles. The van der Waals surface area contributed by atoms with Gasteiger partial charge in [0.2, 0.25) is 0 Å². The highest BCUT2D eigenvalue weighted by Crippen LogP contribution is 2.27. The van der Waals surface area contributed by atoms with Crippen molar-refractivity contribution in [1.29, 1.82) is 0 Å². The van der Waals surface area contributed by atoms with Crippen LogP contribution in [0.5, 0.6) is 0 Å². The third-order valence-corrected chi connectivity index (χ3v) is 2.53. The summed E-state index contributed by atoms with van der Waals surface area (Å²) < 4.78 is 5.70. The van der Waals surface area contributed by atoms with Crippen LogP contribution in [0.2, 0.25) is 0 Å². The number of furan rings is 1. The SMILES string of the molecule is CCC(C)C(O)c1coc(Br)c1. The number of halogens is 1. The molecule has 2 unspecified atom stereocenters. The third-order valence-electron chi connectivity index (χ3n) is 2.11. The van der Waals surface area contributed by atoms with Gasteiger partial charge in [-0.1, -0.05) is 20.3 Å². The summed E-state index contributed by atoms with van der Waals surface area (Å²) >= 11 is 3.19. The Morgan fingerprint density at radius 3 is 2.75 bits per heavy atom. The van der Waals surface area contributed by atoms with Crippen LogP contribution in [0, 0.1) is 5.92 Å². The second-order valence-electron chi connectivity index (χ2n) is 3.01. The van der Waals surface area contributed by atoms with Gasteiger partial charge < -0.3 is 9.52 Å². The van der Waals surface area contributed by atoms with E-state index in [1.54, 1.807) is 12.3 Å². The number of hydrogen-bond donors (Lipinski definition) is 1. The minimum Gasteiger partial charge on any atom is -0.457 e. The normalized spacial score (nSPS) is 16.0. The first kappa shape index (κ1) is 9.81. The Balaban J connectivity index is 2.70. The van der Waals surface area contributed by atoms with Crippen molar-refractivity contribution >= 4 is 15.9 Å². The summed E-state index contributed by atoms with van der Waals surface area (Å²) in [5, 5.41) is 9.72. The molecule has 0 aliphatic heterocycles. The molecule has 0 aliphatic rings. The highest BCUT2D eigenvalue weighted by molar-refractivity contribution is 9.10. The Bertz CT molecular complexity index is 244. The standard InChI is InChI=1S/C9H13BrO2/c1-3-6(2)9(11)7-4-8(10)12-5-7/h4-6,9,11H,3H2,1-2H3. The first-order chi connectivity index (χ1) is 5.65. The maximum atomic E-state index is 9.72. The minimum atomic E-state index is -0.412. The molecule has 1 aromatic rings. The molecule has 2 nitrogen and oxygen atoms in total. The van der Waals surface area contributed by atoms with Gasteiger partial charge in [-0.3, -0.25) is 0 Å². The summed E-state index contributed by atoms with van der Waals surface area (Å²) in [6.45, 7) is 4.08. The second-order valence-corrected chi connectivity index (χ2v) is 3.80. The van der Waals surface area contributed by atoms with Crippen LogP contribution in [0.1, 0.15) is 31.9 Å². The maximum absolute atomic E-state index is 9.72. The van der Waals surface area contributed by atoms with Gasteiger partial charge in [0.05, 0.1) is 12.4 Å². The van der Waals surface area contributed by atoms with E-state index in [0.717, 1.165) is 12.0 Å². The first-order valence-electron chi connectivity index (χ1n) is 4.07. The zero-order valence-electron chi connectivity index (χ0n) is 7.25.